The standard InChI is InChI=1S/C21H29N3O3S2/c1-4-23(5-2)12-13-24(18-11-14-29(26,27)15-18)21(25)19-16(3)22-20(28-19)17-9-7-6-8-10-17/h6-10,18H,4-5,11-15H2,1-3H3. The molecule has 1 aliphatic heterocycles. The van der Waals surface area contributed by atoms with E-state index in [-0.39, 0.29) is 23.5 Å². The number of carbonyl (C=O) groups is 1. The van der Waals surface area contributed by atoms with Gasteiger partial charge in [-0.1, -0.05) is 44.2 Å². The van der Waals surface area contributed by atoms with Gasteiger partial charge in [-0.2, -0.15) is 0 Å². The van der Waals surface area contributed by atoms with Crippen molar-refractivity contribution in [2.45, 2.75) is 33.2 Å². The summed E-state index contributed by atoms with van der Waals surface area (Å²) in [4.78, 5) is 22.7. The Morgan fingerprint density at radius 1 is 1.17 bits per heavy atom. The third-order valence-electron chi connectivity index (χ3n) is 5.47. The average molecular weight is 436 g/mol. The Hall–Kier alpha value is -1.77. The highest BCUT2D eigenvalue weighted by molar-refractivity contribution is 7.91. The smallest absolute Gasteiger partial charge is 0.266 e. The van der Waals surface area contributed by atoms with Crippen LogP contribution in [0.25, 0.3) is 10.6 Å². The molecule has 0 bridgehead atoms. The number of hydrogen-bond donors (Lipinski definition) is 0. The van der Waals surface area contributed by atoms with Crippen molar-refractivity contribution in [2.75, 3.05) is 37.7 Å². The molecule has 1 aromatic heterocycles. The lowest BCUT2D eigenvalue weighted by Gasteiger charge is -2.30. The quantitative estimate of drug-likeness (QED) is 0.637. The molecule has 1 atom stereocenters. The van der Waals surface area contributed by atoms with E-state index in [0.717, 1.165) is 30.2 Å². The summed E-state index contributed by atoms with van der Waals surface area (Å²) in [6, 6.07) is 9.55. The van der Waals surface area contributed by atoms with Crippen molar-refractivity contribution in [3.05, 3.63) is 40.9 Å². The largest absolute Gasteiger partial charge is 0.333 e. The first-order valence-corrected chi connectivity index (χ1v) is 12.7. The van der Waals surface area contributed by atoms with Crippen LogP contribution in [0.5, 0.6) is 0 Å². The highest BCUT2D eigenvalue weighted by Crippen LogP contribution is 2.30. The van der Waals surface area contributed by atoms with Crippen molar-refractivity contribution in [2.24, 2.45) is 0 Å². The van der Waals surface area contributed by atoms with Gasteiger partial charge in [0.1, 0.15) is 9.88 Å². The molecule has 0 aliphatic carbocycles. The molecule has 2 heterocycles. The second-order valence-electron chi connectivity index (χ2n) is 7.38. The highest BCUT2D eigenvalue weighted by Gasteiger charge is 2.36. The summed E-state index contributed by atoms with van der Waals surface area (Å²) in [6.07, 6.45) is 0.510. The van der Waals surface area contributed by atoms with Crippen LogP contribution in [-0.4, -0.2) is 72.8 Å². The van der Waals surface area contributed by atoms with Gasteiger partial charge in [-0.3, -0.25) is 4.79 Å². The lowest BCUT2D eigenvalue weighted by atomic mass is 10.2. The number of aryl methyl sites for hydroxylation is 1. The molecule has 0 spiro atoms. The zero-order valence-corrected chi connectivity index (χ0v) is 18.9. The summed E-state index contributed by atoms with van der Waals surface area (Å²) >= 11 is 1.39. The molecule has 0 saturated carbocycles. The van der Waals surface area contributed by atoms with Gasteiger partial charge < -0.3 is 9.80 Å². The molecule has 1 fully saturated rings. The summed E-state index contributed by atoms with van der Waals surface area (Å²) in [5.74, 6) is 0.112. The third kappa shape index (κ3) is 5.24. The van der Waals surface area contributed by atoms with E-state index >= 15 is 0 Å². The number of rotatable bonds is 8. The lowest BCUT2D eigenvalue weighted by molar-refractivity contribution is 0.0678. The van der Waals surface area contributed by atoms with E-state index in [2.05, 4.69) is 23.7 Å². The predicted molar refractivity (Wildman–Crippen MR) is 118 cm³/mol. The minimum Gasteiger partial charge on any atom is -0.333 e. The van der Waals surface area contributed by atoms with E-state index in [1.165, 1.54) is 11.3 Å². The Kier molecular flexibility index (Phi) is 7.08. The zero-order chi connectivity index (χ0) is 21.0. The molecule has 0 N–H and O–H groups in total. The first-order valence-electron chi connectivity index (χ1n) is 10.1. The minimum absolute atomic E-state index is 0.0559. The van der Waals surface area contributed by atoms with Crippen molar-refractivity contribution >= 4 is 27.1 Å². The summed E-state index contributed by atoms with van der Waals surface area (Å²) in [7, 11) is -3.07. The van der Waals surface area contributed by atoms with Crippen molar-refractivity contribution < 1.29 is 13.2 Å². The number of thiazole rings is 1. The van der Waals surface area contributed by atoms with E-state index in [1.807, 2.05) is 37.3 Å². The van der Waals surface area contributed by atoms with Crippen molar-refractivity contribution in [1.82, 2.24) is 14.8 Å². The maximum Gasteiger partial charge on any atom is 0.266 e. The molecular formula is C21H29N3O3S2. The Labute approximate surface area is 177 Å². The Morgan fingerprint density at radius 3 is 2.45 bits per heavy atom. The topological polar surface area (TPSA) is 70.6 Å². The fourth-order valence-corrected chi connectivity index (χ4v) is 6.45. The SMILES string of the molecule is CCN(CC)CCN(C(=O)c1sc(-c2ccccc2)nc1C)C1CCS(=O)(=O)C1. The molecule has 29 heavy (non-hydrogen) atoms. The van der Waals surface area contributed by atoms with Gasteiger partial charge in [0.05, 0.1) is 17.2 Å². The van der Waals surface area contributed by atoms with Crippen LogP contribution >= 0.6 is 11.3 Å². The predicted octanol–water partition coefficient (Wildman–Crippen LogP) is 3.09. The molecule has 8 heteroatoms. The lowest BCUT2D eigenvalue weighted by Crippen LogP contribution is -2.45. The fourth-order valence-electron chi connectivity index (χ4n) is 3.69. The summed E-state index contributed by atoms with van der Waals surface area (Å²) < 4.78 is 24.1. The van der Waals surface area contributed by atoms with E-state index in [1.54, 1.807) is 4.90 Å². The number of carbonyl (C=O) groups excluding carboxylic acids is 1. The van der Waals surface area contributed by atoms with Crippen LogP contribution in [0, 0.1) is 6.92 Å². The molecule has 1 aromatic carbocycles. The number of aromatic nitrogens is 1. The number of nitrogens with zero attached hydrogens (tertiary/aromatic N) is 3. The summed E-state index contributed by atoms with van der Waals surface area (Å²) in [5.41, 5.74) is 1.69. The van der Waals surface area contributed by atoms with Gasteiger partial charge in [0, 0.05) is 24.7 Å². The first-order chi connectivity index (χ1) is 13.8. The monoisotopic (exact) mass is 435 g/mol. The van der Waals surface area contributed by atoms with Gasteiger partial charge in [0.25, 0.3) is 5.91 Å². The Bertz CT molecular complexity index is 937. The van der Waals surface area contributed by atoms with Gasteiger partial charge in [0.15, 0.2) is 9.84 Å². The second-order valence-corrected chi connectivity index (χ2v) is 10.6. The molecule has 1 unspecified atom stereocenters. The molecule has 158 valence electrons. The van der Waals surface area contributed by atoms with E-state index < -0.39 is 9.84 Å². The normalized spacial score (nSPS) is 18.3. The van der Waals surface area contributed by atoms with Gasteiger partial charge in [-0.25, -0.2) is 13.4 Å². The van der Waals surface area contributed by atoms with Crippen LogP contribution in [-0.2, 0) is 9.84 Å². The molecule has 1 aliphatic rings. The molecule has 3 rings (SSSR count). The zero-order valence-electron chi connectivity index (χ0n) is 17.3. The van der Waals surface area contributed by atoms with Gasteiger partial charge in [-0.15, -0.1) is 11.3 Å². The minimum atomic E-state index is -3.07. The summed E-state index contributed by atoms with van der Waals surface area (Å²) in [5, 5.41) is 0.814. The van der Waals surface area contributed by atoms with E-state index in [9.17, 15) is 13.2 Å². The maximum absolute atomic E-state index is 13.5. The maximum atomic E-state index is 13.5. The van der Waals surface area contributed by atoms with E-state index in [4.69, 9.17) is 0 Å². The van der Waals surface area contributed by atoms with Crippen LogP contribution in [0.2, 0.25) is 0 Å². The molecule has 2 aromatic rings. The van der Waals surface area contributed by atoms with Crippen LogP contribution in [0.4, 0.5) is 0 Å². The summed E-state index contributed by atoms with van der Waals surface area (Å²) in [6.45, 7) is 9.10. The van der Waals surface area contributed by atoms with Crippen molar-refractivity contribution in [3.63, 3.8) is 0 Å². The average Bonchev–Trinajstić information content (AvgIpc) is 3.27. The fraction of sp³-hybridized carbons (Fsp3) is 0.524. The number of benzene rings is 1. The van der Waals surface area contributed by atoms with Gasteiger partial charge in [-0.05, 0) is 26.4 Å². The Morgan fingerprint density at radius 2 is 1.86 bits per heavy atom. The van der Waals surface area contributed by atoms with Crippen LogP contribution in [0.1, 0.15) is 35.6 Å². The number of likely N-dealkylation sites (N-methyl/N-ethyl adjacent to an activating group) is 1. The van der Waals surface area contributed by atoms with Crippen LogP contribution in [0.3, 0.4) is 0 Å². The molecule has 0 radical (unpaired) electrons. The van der Waals surface area contributed by atoms with Crippen molar-refractivity contribution in [1.29, 1.82) is 0 Å². The first kappa shape index (κ1) is 21.9. The Balaban J connectivity index is 1.87. The molecule has 6 nitrogen and oxygen atoms in total. The van der Waals surface area contributed by atoms with Gasteiger partial charge in [0.2, 0.25) is 0 Å². The van der Waals surface area contributed by atoms with Crippen LogP contribution in [0.15, 0.2) is 30.3 Å². The number of sulfone groups is 1. The molecule has 1 amide bonds. The van der Waals surface area contributed by atoms with Crippen LogP contribution < -0.4 is 0 Å². The number of hydrogen-bond acceptors (Lipinski definition) is 6. The number of amides is 1. The van der Waals surface area contributed by atoms with Crippen molar-refractivity contribution in [3.8, 4) is 10.6 Å². The highest BCUT2D eigenvalue weighted by atomic mass is 32.2. The third-order valence-corrected chi connectivity index (χ3v) is 8.42. The molecule has 1 saturated heterocycles. The second kappa shape index (κ2) is 9.36. The van der Waals surface area contributed by atoms with E-state index in [0.29, 0.717) is 23.5 Å². The van der Waals surface area contributed by atoms with Gasteiger partial charge >= 0.3 is 0 Å². The molecular weight excluding hydrogens is 406 g/mol.